The average Bonchev–Trinajstić information content (AvgIpc) is 2.70. The van der Waals surface area contributed by atoms with Crippen LogP contribution in [0.25, 0.3) is 0 Å². The normalized spacial score (nSPS) is 16.4. The molecule has 29 heavy (non-hydrogen) atoms. The first kappa shape index (κ1) is 21.5. The van der Waals surface area contributed by atoms with Crippen molar-refractivity contribution in [2.24, 2.45) is 4.99 Å². The Balaban J connectivity index is 2.09. The molecular formula is C22H29N3O3S. The third-order valence-electron chi connectivity index (χ3n) is 5.57. The molecule has 1 aromatic heterocycles. The molecule has 1 saturated carbocycles. The number of hydrogen-bond acceptors (Lipinski definition) is 4. The zero-order valence-electron chi connectivity index (χ0n) is 17.6. The molecule has 1 heterocycles. The van der Waals surface area contributed by atoms with Gasteiger partial charge in [0.25, 0.3) is 5.91 Å². The van der Waals surface area contributed by atoms with Gasteiger partial charge in [0, 0.05) is 25.9 Å². The molecule has 0 N–H and O–H groups in total. The maximum atomic E-state index is 13.3. The Morgan fingerprint density at radius 2 is 1.79 bits per heavy atom. The second-order valence-electron chi connectivity index (χ2n) is 7.86. The fourth-order valence-corrected chi connectivity index (χ4v) is 4.88. The lowest BCUT2D eigenvalue weighted by atomic mass is 9.96. The van der Waals surface area contributed by atoms with Gasteiger partial charge in [-0.25, -0.2) is 12.7 Å². The molecule has 1 aliphatic carbocycles. The molecule has 0 unspecified atom stereocenters. The highest BCUT2D eigenvalue weighted by molar-refractivity contribution is 7.89. The van der Waals surface area contributed by atoms with Crippen LogP contribution in [0.4, 0.5) is 0 Å². The van der Waals surface area contributed by atoms with E-state index in [2.05, 4.69) is 0 Å². The molecule has 156 valence electrons. The first-order valence-corrected chi connectivity index (χ1v) is 11.5. The summed E-state index contributed by atoms with van der Waals surface area (Å²) in [5, 5.41) is 0. The number of sulfonamides is 1. The van der Waals surface area contributed by atoms with Crippen LogP contribution in [0.15, 0.2) is 46.4 Å². The van der Waals surface area contributed by atoms with Crippen LogP contribution in [0.1, 0.15) is 53.6 Å². The lowest BCUT2D eigenvalue weighted by Crippen LogP contribution is -2.30. The van der Waals surface area contributed by atoms with Gasteiger partial charge in [-0.15, -0.1) is 0 Å². The molecule has 1 aliphatic rings. The summed E-state index contributed by atoms with van der Waals surface area (Å²) in [6, 6.07) is 8.95. The third-order valence-corrected chi connectivity index (χ3v) is 7.51. The second-order valence-corrected chi connectivity index (χ2v) is 9.98. The summed E-state index contributed by atoms with van der Waals surface area (Å²) in [5.41, 5.74) is 2.36. The van der Waals surface area contributed by atoms with E-state index >= 15 is 0 Å². The zero-order chi connectivity index (χ0) is 21.2. The summed E-state index contributed by atoms with van der Waals surface area (Å²) in [6.07, 6.45) is 7.34. The number of hydrogen-bond donors (Lipinski definition) is 0. The van der Waals surface area contributed by atoms with Gasteiger partial charge in [-0.2, -0.15) is 0 Å². The number of nitrogens with zero attached hydrogens (tertiary/aromatic N) is 3. The highest BCUT2D eigenvalue weighted by Gasteiger charge is 2.23. The molecule has 0 bridgehead atoms. The van der Waals surface area contributed by atoms with Gasteiger partial charge in [0.2, 0.25) is 10.0 Å². The van der Waals surface area contributed by atoms with E-state index in [0.29, 0.717) is 16.6 Å². The number of aryl methyl sites for hydroxylation is 1. The molecule has 0 radical (unpaired) electrons. The van der Waals surface area contributed by atoms with Gasteiger partial charge < -0.3 is 0 Å². The molecule has 0 amide bonds. The van der Waals surface area contributed by atoms with Gasteiger partial charge >= 0.3 is 0 Å². The fraction of sp³-hybridized carbons (Fsp3) is 0.455. The summed E-state index contributed by atoms with van der Waals surface area (Å²) >= 11 is 0. The Morgan fingerprint density at radius 3 is 2.45 bits per heavy atom. The fourth-order valence-electron chi connectivity index (χ4n) is 3.66. The van der Waals surface area contributed by atoms with Crippen LogP contribution >= 0.6 is 0 Å². The highest BCUT2D eigenvalue weighted by atomic mass is 32.2. The summed E-state index contributed by atoms with van der Waals surface area (Å²) in [4.78, 5) is 18.3. The lowest BCUT2D eigenvalue weighted by Gasteiger charge is -2.18. The molecular weight excluding hydrogens is 386 g/mol. The molecule has 0 saturated heterocycles. The Morgan fingerprint density at radius 1 is 1.10 bits per heavy atom. The van der Waals surface area contributed by atoms with Crippen molar-refractivity contribution in [1.82, 2.24) is 8.87 Å². The van der Waals surface area contributed by atoms with Crippen LogP contribution in [-0.2, 0) is 10.0 Å². The minimum absolute atomic E-state index is 0.160. The Kier molecular flexibility index (Phi) is 6.39. The van der Waals surface area contributed by atoms with Crippen molar-refractivity contribution < 1.29 is 13.2 Å². The van der Waals surface area contributed by atoms with Gasteiger partial charge in [-0.1, -0.05) is 25.3 Å². The largest absolute Gasteiger partial charge is 0.268 e. The van der Waals surface area contributed by atoms with Gasteiger partial charge in [-0.05, 0) is 62.1 Å². The smallest absolute Gasteiger partial charge is 0.263 e. The zero-order valence-corrected chi connectivity index (χ0v) is 18.4. The number of carbonyl (C=O) groups is 1. The van der Waals surface area contributed by atoms with Gasteiger partial charge in [0.05, 0.1) is 10.9 Å². The number of benzene rings is 1. The molecule has 1 aromatic carbocycles. The van der Waals surface area contributed by atoms with Crippen LogP contribution < -0.4 is 5.49 Å². The van der Waals surface area contributed by atoms with Crippen molar-refractivity contribution in [3.63, 3.8) is 0 Å². The first-order valence-electron chi connectivity index (χ1n) is 10.0. The molecule has 0 atom stereocenters. The number of aromatic nitrogens is 1. The SMILES string of the molecule is Cc1cc(C(=O)n2ccccc2=NC2CCCCC2)cc(S(=O)(=O)N(C)C)c1C. The van der Waals surface area contributed by atoms with Crippen molar-refractivity contribution in [2.45, 2.75) is 56.9 Å². The van der Waals surface area contributed by atoms with Gasteiger partial charge in [-0.3, -0.25) is 14.4 Å². The van der Waals surface area contributed by atoms with Crippen LogP contribution in [0.5, 0.6) is 0 Å². The van der Waals surface area contributed by atoms with E-state index in [9.17, 15) is 13.2 Å². The summed E-state index contributed by atoms with van der Waals surface area (Å²) in [5.74, 6) is -0.279. The first-order chi connectivity index (χ1) is 13.7. The number of rotatable bonds is 4. The van der Waals surface area contributed by atoms with Crippen LogP contribution in [0.2, 0.25) is 0 Å². The Labute approximate surface area is 173 Å². The molecule has 7 heteroatoms. The molecule has 2 aromatic rings. The maximum absolute atomic E-state index is 13.3. The highest BCUT2D eigenvalue weighted by Crippen LogP contribution is 2.24. The predicted molar refractivity (Wildman–Crippen MR) is 113 cm³/mol. The van der Waals surface area contributed by atoms with Crippen molar-refractivity contribution in [1.29, 1.82) is 0 Å². The van der Waals surface area contributed by atoms with E-state index in [1.165, 1.54) is 35.5 Å². The van der Waals surface area contributed by atoms with Gasteiger partial charge in [0.15, 0.2) is 0 Å². The van der Waals surface area contributed by atoms with Crippen LogP contribution in [0.3, 0.4) is 0 Å². The molecule has 0 aliphatic heterocycles. The third kappa shape index (κ3) is 4.51. The van der Waals surface area contributed by atoms with E-state index in [1.54, 1.807) is 25.3 Å². The van der Waals surface area contributed by atoms with Crippen molar-refractivity contribution >= 4 is 15.9 Å². The minimum atomic E-state index is -3.65. The molecule has 0 spiro atoms. The van der Waals surface area contributed by atoms with E-state index in [1.807, 2.05) is 19.1 Å². The monoisotopic (exact) mass is 415 g/mol. The van der Waals surface area contributed by atoms with Gasteiger partial charge in [0.1, 0.15) is 5.49 Å². The van der Waals surface area contributed by atoms with Crippen LogP contribution in [-0.4, -0.2) is 43.3 Å². The van der Waals surface area contributed by atoms with Crippen molar-refractivity contribution in [3.05, 3.63) is 58.7 Å². The number of pyridine rings is 1. The van der Waals surface area contributed by atoms with E-state index in [0.717, 1.165) is 31.2 Å². The maximum Gasteiger partial charge on any atom is 0.263 e. The van der Waals surface area contributed by atoms with E-state index < -0.39 is 10.0 Å². The average molecular weight is 416 g/mol. The summed E-state index contributed by atoms with van der Waals surface area (Å²) in [6.45, 7) is 3.59. The Bertz CT molecular complexity index is 1080. The van der Waals surface area contributed by atoms with E-state index in [4.69, 9.17) is 4.99 Å². The molecule has 6 nitrogen and oxygen atoms in total. The van der Waals surface area contributed by atoms with Crippen molar-refractivity contribution in [3.8, 4) is 0 Å². The minimum Gasteiger partial charge on any atom is -0.268 e. The predicted octanol–water partition coefficient (Wildman–Crippen LogP) is 3.28. The molecule has 1 fully saturated rings. The van der Waals surface area contributed by atoms with Crippen LogP contribution in [0, 0.1) is 13.8 Å². The standard InChI is InChI=1S/C22H29N3O3S/c1-16-14-18(15-20(17(16)2)29(27,28)24(3)4)22(26)25-13-9-8-12-21(25)23-19-10-6-5-7-11-19/h8-9,12-15,19H,5-7,10-11H2,1-4H3. The Hall–Kier alpha value is -2.25. The van der Waals surface area contributed by atoms with Crippen molar-refractivity contribution in [2.75, 3.05) is 14.1 Å². The quantitative estimate of drug-likeness (QED) is 0.769. The molecule has 3 rings (SSSR count). The second kappa shape index (κ2) is 8.63. The topological polar surface area (TPSA) is 71.7 Å². The number of carbonyl (C=O) groups excluding carboxylic acids is 1. The lowest BCUT2D eigenvalue weighted by molar-refractivity contribution is 0.0954. The summed E-state index contributed by atoms with van der Waals surface area (Å²) < 4.78 is 28.2. The summed E-state index contributed by atoms with van der Waals surface area (Å²) in [7, 11) is -0.669. The van der Waals surface area contributed by atoms with E-state index in [-0.39, 0.29) is 16.8 Å².